The number of carbonyl (C=O) groups is 1. The van der Waals surface area contributed by atoms with Crippen molar-refractivity contribution in [3.8, 4) is 0 Å². The molecule has 1 fully saturated rings. The Morgan fingerprint density at radius 2 is 2.08 bits per heavy atom. The van der Waals surface area contributed by atoms with Gasteiger partial charge in [-0.3, -0.25) is 4.79 Å². The van der Waals surface area contributed by atoms with Crippen LogP contribution in [0.2, 0.25) is 10.0 Å². The molecule has 1 aliphatic rings. The zero-order chi connectivity index (χ0) is 17.0. The smallest absolute Gasteiger partial charge is 0.244 e. The van der Waals surface area contributed by atoms with Crippen molar-refractivity contribution >= 4 is 51.5 Å². The summed E-state index contributed by atoms with van der Waals surface area (Å²) in [5.74, 6) is -0.547. The molecule has 0 bridgehead atoms. The molecule has 2 rings (SSSR count). The molecule has 1 saturated heterocycles. The fraction of sp³-hybridized carbons (Fsp3) is 0.500. The first-order valence-electron chi connectivity index (χ1n) is 7.29. The fourth-order valence-electron chi connectivity index (χ4n) is 2.54. The molecule has 136 valence electrons. The molecule has 0 aromatic heterocycles. The van der Waals surface area contributed by atoms with E-state index in [2.05, 4.69) is 5.32 Å². The minimum Gasteiger partial charge on any atom is -0.355 e. The average Bonchev–Trinajstić information content (AvgIpc) is 2.52. The highest BCUT2D eigenvalue weighted by Gasteiger charge is 2.34. The summed E-state index contributed by atoms with van der Waals surface area (Å²) in [5, 5.41) is 3.15. The fourth-order valence-corrected chi connectivity index (χ4v) is 4.81. The first kappa shape index (κ1) is 21.5. The number of nitrogens with two attached hydrogens (primary N) is 1. The Hall–Kier alpha value is -0.570. The van der Waals surface area contributed by atoms with Crippen molar-refractivity contribution in [2.24, 2.45) is 11.7 Å². The number of rotatable bonds is 5. The van der Waals surface area contributed by atoms with Gasteiger partial charge in [-0.1, -0.05) is 23.2 Å². The van der Waals surface area contributed by atoms with Gasteiger partial charge >= 0.3 is 0 Å². The average molecular weight is 417 g/mol. The van der Waals surface area contributed by atoms with Gasteiger partial charge in [0.05, 0.1) is 10.9 Å². The minimum atomic E-state index is -3.76. The predicted molar refractivity (Wildman–Crippen MR) is 97.3 cm³/mol. The van der Waals surface area contributed by atoms with Gasteiger partial charge in [0.25, 0.3) is 0 Å². The maximum Gasteiger partial charge on any atom is 0.244 e. The van der Waals surface area contributed by atoms with Crippen LogP contribution >= 0.6 is 35.6 Å². The highest BCUT2D eigenvalue weighted by molar-refractivity contribution is 7.89. The number of amides is 1. The van der Waals surface area contributed by atoms with Gasteiger partial charge in [-0.2, -0.15) is 4.31 Å². The number of hydrogen-bond acceptors (Lipinski definition) is 4. The summed E-state index contributed by atoms with van der Waals surface area (Å²) in [6.45, 7) is 1.23. The molecule has 10 heteroatoms. The Balaban J connectivity index is 0.00000288. The number of nitrogens with zero attached hydrogens (tertiary/aromatic N) is 1. The van der Waals surface area contributed by atoms with Crippen LogP contribution in [0.25, 0.3) is 0 Å². The summed E-state index contributed by atoms with van der Waals surface area (Å²) in [6, 6.07) is 4.26. The number of sulfonamides is 1. The molecular formula is C14H20Cl3N3O3S. The molecule has 1 amide bonds. The van der Waals surface area contributed by atoms with Gasteiger partial charge in [0.15, 0.2) is 0 Å². The first-order chi connectivity index (χ1) is 10.9. The third kappa shape index (κ3) is 4.97. The van der Waals surface area contributed by atoms with Crippen LogP contribution in [0.5, 0.6) is 0 Å². The van der Waals surface area contributed by atoms with E-state index >= 15 is 0 Å². The molecule has 0 saturated carbocycles. The lowest BCUT2D eigenvalue weighted by molar-refractivity contribution is -0.126. The summed E-state index contributed by atoms with van der Waals surface area (Å²) in [5.41, 5.74) is 5.36. The molecule has 1 aromatic rings. The summed E-state index contributed by atoms with van der Waals surface area (Å²) in [6.07, 6.45) is 1.27. The van der Waals surface area contributed by atoms with Crippen molar-refractivity contribution in [2.45, 2.75) is 17.7 Å². The van der Waals surface area contributed by atoms with Gasteiger partial charge < -0.3 is 11.1 Å². The van der Waals surface area contributed by atoms with Crippen LogP contribution in [0.1, 0.15) is 12.8 Å². The highest BCUT2D eigenvalue weighted by atomic mass is 35.5. The lowest BCUT2D eigenvalue weighted by Crippen LogP contribution is -2.46. The van der Waals surface area contributed by atoms with Gasteiger partial charge in [0.2, 0.25) is 15.9 Å². The normalized spacial score (nSPS) is 18.7. The number of piperidine rings is 1. The van der Waals surface area contributed by atoms with Gasteiger partial charge in [0.1, 0.15) is 4.90 Å². The third-order valence-corrected chi connectivity index (χ3v) is 6.29. The summed E-state index contributed by atoms with van der Waals surface area (Å²) >= 11 is 11.8. The second-order valence-corrected chi connectivity index (χ2v) is 8.11. The van der Waals surface area contributed by atoms with Crippen molar-refractivity contribution in [1.29, 1.82) is 0 Å². The van der Waals surface area contributed by atoms with Crippen LogP contribution in [0.4, 0.5) is 0 Å². The molecule has 24 heavy (non-hydrogen) atoms. The Morgan fingerprint density at radius 3 is 2.71 bits per heavy atom. The maximum absolute atomic E-state index is 12.7. The standard InChI is InChI=1S/C14H19Cl2N3O3S.ClH/c15-11-3-4-13(12(16)8-11)23(21,22)19-7-1-2-10(9-19)14(20)18-6-5-17;/h3-4,8,10H,1-2,5-7,9,17H2,(H,18,20);1H. The zero-order valence-corrected chi connectivity index (χ0v) is 16.0. The maximum atomic E-state index is 12.7. The molecule has 1 heterocycles. The van der Waals surface area contributed by atoms with Crippen LogP contribution in [-0.2, 0) is 14.8 Å². The van der Waals surface area contributed by atoms with Crippen LogP contribution in [0.15, 0.2) is 23.1 Å². The van der Waals surface area contributed by atoms with E-state index in [1.807, 2.05) is 0 Å². The second-order valence-electron chi connectivity index (χ2n) is 5.36. The minimum absolute atomic E-state index is 0. The topological polar surface area (TPSA) is 92.5 Å². The first-order valence-corrected chi connectivity index (χ1v) is 9.49. The van der Waals surface area contributed by atoms with Crippen molar-refractivity contribution in [3.63, 3.8) is 0 Å². The number of benzene rings is 1. The van der Waals surface area contributed by atoms with E-state index in [0.29, 0.717) is 37.5 Å². The second kappa shape index (κ2) is 9.22. The molecule has 1 aliphatic heterocycles. The largest absolute Gasteiger partial charge is 0.355 e. The van der Waals surface area contributed by atoms with Crippen molar-refractivity contribution < 1.29 is 13.2 Å². The number of hydrogen-bond donors (Lipinski definition) is 2. The van der Waals surface area contributed by atoms with E-state index in [1.165, 1.54) is 22.5 Å². The van der Waals surface area contributed by atoms with E-state index in [4.69, 9.17) is 28.9 Å². The molecule has 3 N–H and O–H groups in total. The van der Waals surface area contributed by atoms with E-state index in [9.17, 15) is 13.2 Å². The lowest BCUT2D eigenvalue weighted by Gasteiger charge is -2.31. The Bertz CT molecular complexity index is 685. The van der Waals surface area contributed by atoms with Gasteiger partial charge in [-0.15, -0.1) is 12.4 Å². The number of halogens is 3. The molecular weight excluding hydrogens is 397 g/mol. The quantitative estimate of drug-likeness (QED) is 0.766. The van der Waals surface area contributed by atoms with Gasteiger partial charge in [0, 0.05) is 31.2 Å². The Morgan fingerprint density at radius 1 is 1.38 bits per heavy atom. The monoisotopic (exact) mass is 415 g/mol. The lowest BCUT2D eigenvalue weighted by atomic mass is 9.99. The van der Waals surface area contributed by atoms with Crippen molar-refractivity contribution in [3.05, 3.63) is 28.2 Å². The Labute approximate surface area is 158 Å². The molecule has 0 spiro atoms. The SMILES string of the molecule is Cl.NCCNC(=O)C1CCCN(S(=O)(=O)c2ccc(Cl)cc2Cl)C1. The van der Waals surface area contributed by atoms with Crippen LogP contribution in [0.3, 0.4) is 0 Å². The van der Waals surface area contributed by atoms with E-state index in [1.54, 1.807) is 0 Å². The summed E-state index contributed by atoms with van der Waals surface area (Å²) < 4.78 is 26.8. The van der Waals surface area contributed by atoms with E-state index < -0.39 is 10.0 Å². The van der Waals surface area contributed by atoms with E-state index in [0.717, 1.165) is 0 Å². The molecule has 6 nitrogen and oxygen atoms in total. The Kier molecular flexibility index (Phi) is 8.25. The van der Waals surface area contributed by atoms with E-state index in [-0.39, 0.29) is 40.7 Å². The van der Waals surface area contributed by atoms with Crippen molar-refractivity contribution in [2.75, 3.05) is 26.2 Å². The van der Waals surface area contributed by atoms with Crippen molar-refractivity contribution in [1.82, 2.24) is 9.62 Å². The van der Waals surface area contributed by atoms with Gasteiger partial charge in [-0.05, 0) is 31.0 Å². The third-order valence-electron chi connectivity index (χ3n) is 3.71. The van der Waals surface area contributed by atoms with Crippen LogP contribution in [0, 0.1) is 5.92 Å². The van der Waals surface area contributed by atoms with Crippen LogP contribution in [-0.4, -0.2) is 44.8 Å². The van der Waals surface area contributed by atoms with Crippen LogP contribution < -0.4 is 11.1 Å². The van der Waals surface area contributed by atoms with Gasteiger partial charge in [-0.25, -0.2) is 8.42 Å². The molecule has 0 aliphatic carbocycles. The molecule has 1 atom stereocenters. The molecule has 1 aromatic carbocycles. The molecule has 1 unspecified atom stereocenters. The zero-order valence-electron chi connectivity index (χ0n) is 12.9. The summed E-state index contributed by atoms with van der Waals surface area (Å²) in [7, 11) is -3.76. The summed E-state index contributed by atoms with van der Waals surface area (Å²) in [4.78, 5) is 12.1. The number of nitrogens with one attached hydrogen (secondary N) is 1. The predicted octanol–water partition coefficient (Wildman–Crippen LogP) is 1.89. The molecule has 0 radical (unpaired) electrons. The number of carbonyl (C=O) groups excluding carboxylic acids is 1. The highest BCUT2D eigenvalue weighted by Crippen LogP contribution is 2.30.